The smallest absolute Gasteiger partial charge is 0.395 e. The first-order valence-corrected chi connectivity index (χ1v) is 5.57. The Morgan fingerprint density at radius 3 is 2.39 bits per heavy atom. The lowest BCUT2D eigenvalue weighted by Gasteiger charge is -2.27. The summed E-state index contributed by atoms with van der Waals surface area (Å²) < 4.78 is 37.3. The molecule has 1 aromatic rings. The van der Waals surface area contributed by atoms with Gasteiger partial charge in [0.05, 0.1) is 13.2 Å². The van der Waals surface area contributed by atoms with Gasteiger partial charge >= 0.3 is 6.18 Å². The van der Waals surface area contributed by atoms with Gasteiger partial charge in [-0.3, -0.25) is 0 Å². The van der Waals surface area contributed by atoms with E-state index in [-0.39, 0.29) is 22.8 Å². The van der Waals surface area contributed by atoms with Gasteiger partial charge in [0.2, 0.25) is 0 Å². The van der Waals surface area contributed by atoms with Crippen LogP contribution in [0.4, 0.5) is 18.9 Å². The van der Waals surface area contributed by atoms with Crippen molar-refractivity contribution in [1.29, 1.82) is 0 Å². The lowest BCUT2D eigenvalue weighted by Crippen LogP contribution is -2.36. The highest BCUT2D eigenvalue weighted by molar-refractivity contribution is 6.31. The maximum Gasteiger partial charge on any atom is 0.405 e. The summed E-state index contributed by atoms with van der Waals surface area (Å²) in [4.78, 5) is 0.942. The predicted molar refractivity (Wildman–Crippen MR) is 62.7 cm³/mol. The van der Waals surface area contributed by atoms with E-state index in [4.69, 9.17) is 21.8 Å². The molecule has 0 amide bonds. The average Bonchev–Trinajstić information content (AvgIpc) is 2.26. The molecule has 0 aliphatic heterocycles. The first kappa shape index (κ1) is 15.1. The zero-order chi connectivity index (χ0) is 13.8. The Hall–Kier alpha value is -0.980. The van der Waals surface area contributed by atoms with Crippen LogP contribution in [0, 0.1) is 0 Å². The van der Waals surface area contributed by atoms with Crippen LogP contribution in [0.15, 0.2) is 18.2 Å². The van der Waals surface area contributed by atoms with Crippen LogP contribution in [0.2, 0.25) is 5.02 Å². The molecule has 1 rings (SSSR count). The summed E-state index contributed by atoms with van der Waals surface area (Å²) >= 11 is 5.81. The molecule has 0 saturated heterocycles. The van der Waals surface area contributed by atoms with E-state index >= 15 is 0 Å². The number of halogens is 4. The zero-order valence-electron chi connectivity index (χ0n) is 9.41. The van der Waals surface area contributed by atoms with Crippen molar-refractivity contribution >= 4 is 17.3 Å². The number of benzene rings is 1. The molecule has 0 aliphatic carbocycles. The maximum absolute atomic E-state index is 12.4. The molecular formula is C11H13ClF3NO2. The second kappa shape index (κ2) is 6.26. The summed E-state index contributed by atoms with van der Waals surface area (Å²) in [6.45, 7) is -2.28. The molecule has 0 heterocycles. The van der Waals surface area contributed by atoms with Gasteiger partial charge in [0, 0.05) is 22.8 Å². The Kier molecular flexibility index (Phi) is 5.25. The molecule has 0 aromatic heterocycles. The normalized spacial score (nSPS) is 11.7. The Morgan fingerprint density at radius 2 is 1.89 bits per heavy atom. The molecule has 0 spiro atoms. The highest BCUT2D eigenvalue weighted by atomic mass is 35.5. The van der Waals surface area contributed by atoms with Crippen LogP contribution in [0.5, 0.6) is 0 Å². The molecule has 3 nitrogen and oxygen atoms in total. The van der Waals surface area contributed by atoms with Crippen LogP contribution in [0.25, 0.3) is 0 Å². The predicted octanol–water partition coefficient (Wildman–Crippen LogP) is 2.19. The third-order valence-electron chi connectivity index (χ3n) is 2.33. The van der Waals surface area contributed by atoms with E-state index < -0.39 is 25.9 Å². The number of hydrogen-bond acceptors (Lipinski definition) is 3. The topological polar surface area (TPSA) is 43.7 Å². The maximum atomic E-state index is 12.4. The third-order valence-corrected chi connectivity index (χ3v) is 2.69. The van der Waals surface area contributed by atoms with Crippen LogP contribution in [-0.4, -0.2) is 36.1 Å². The fourth-order valence-electron chi connectivity index (χ4n) is 1.62. The SMILES string of the molecule is OCCN(CC(F)(F)F)c1cccc(Cl)c1CO. The molecule has 0 unspecified atom stereocenters. The Labute approximate surface area is 107 Å². The third kappa shape index (κ3) is 4.04. The van der Waals surface area contributed by atoms with Crippen molar-refractivity contribution in [2.24, 2.45) is 0 Å². The van der Waals surface area contributed by atoms with E-state index in [0.717, 1.165) is 4.90 Å². The molecule has 0 atom stereocenters. The summed E-state index contributed by atoms with van der Waals surface area (Å²) in [5, 5.41) is 18.2. The first-order valence-electron chi connectivity index (χ1n) is 5.20. The van der Waals surface area contributed by atoms with Crippen LogP contribution in [0.1, 0.15) is 5.56 Å². The lowest BCUT2D eigenvalue weighted by molar-refractivity contribution is -0.119. The minimum atomic E-state index is -4.40. The van der Waals surface area contributed by atoms with Gasteiger partial charge in [0.15, 0.2) is 0 Å². The molecule has 18 heavy (non-hydrogen) atoms. The number of aliphatic hydroxyl groups excluding tert-OH is 2. The zero-order valence-corrected chi connectivity index (χ0v) is 10.2. The molecule has 2 N–H and O–H groups in total. The van der Waals surface area contributed by atoms with Gasteiger partial charge in [0.25, 0.3) is 0 Å². The second-order valence-corrected chi connectivity index (χ2v) is 4.06. The Bertz CT molecular complexity index is 398. The lowest BCUT2D eigenvalue weighted by atomic mass is 10.1. The molecule has 0 aliphatic rings. The fraction of sp³-hybridized carbons (Fsp3) is 0.455. The summed E-state index contributed by atoms with van der Waals surface area (Å²) in [6, 6.07) is 4.41. The molecule has 0 saturated carbocycles. The van der Waals surface area contributed by atoms with Gasteiger partial charge < -0.3 is 15.1 Å². The number of hydrogen-bond donors (Lipinski definition) is 2. The standard InChI is InChI=1S/C11H13ClF3NO2/c12-9-2-1-3-10(8(9)6-18)16(4-5-17)7-11(13,14)15/h1-3,17-18H,4-7H2. The van der Waals surface area contributed by atoms with Gasteiger partial charge in [0.1, 0.15) is 6.54 Å². The van der Waals surface area contributed by atoms with Gasteiger partial charge in [-0.05, 0) is 12.1 Å². The van der Waals surface area contributed by atoms with E-state index in [1.807, 2.05) is 0 Å². The van der Waals surface area contributed by atoms with Crippen molar-refractivity contribution in [1.82, 2.24) is 0 Å². The highest BCUT2D eigenvalue weighted by Gasteiger charge is 2.31. The van der Waals surface area contributed by atoms with E-state index in [1.165, 1.54) is 18.2 Å². The van der Waals surface area contributed by atoms with Crippen molar-refractivity contribution in [3.05, 3.63) is 28.8 Å². The van der Waals surface area contributed by atoms with Crippen LogP contribution >= 0.6 is 11.6 Å². The summed E-state index contributed by atoms with van der Waals surface area (Å²) in [6.07, 6.45) is -4.40. The van der Waals surface area contributed by atoms with Gasteiger partial charge in [-0.15, -0.1) is 0 Å². The monoisotopic (exact) mass is 283 g/mol. The average molecular weight is 284 g/mol. The minimum Gasteiger partial charge on any atom is -0.395 e. The number of nitrogens with zero attached hydrogens (tertiary/aromatic N) is 1. The first-order chi connectivity index (χ1) is 8.39. The summed E-state index contributed by atoms with van der Waals surface area (Å²) in [5.74, 6) is 0. The van der Waals surface area contributed by atoms with E-state index in [1.54, 1.807) is 0 Å². The van der Waals surface area contributed by atoms with E-state index in [9.17, 15) is 13.2 Å². The molecule has 7 heteroatoms. The Balaban J connectivity index is 3.09. The van der Waals surface area contributed by atoms with Crippen LogP contribution < -0.4 is 4.90 Å². The number of rotatable bonds is 5. The van der Waals surface area contributed by atoms with Crippen molar-refractivity contribution in [3.8, 4) is 0 Å². The second-order valence-electron chi connectivity index (χ2n) is 3.66. The molecule has 0 bridgehead atoms. The van der Waals surface area contributed by atoms with Crippen molar-refractivity contribution in [2.75, 3.05) is 24.6 Å². The molecule has 0 radical (unpaired) electrons. The van der Waals surface area contributed by atoms with Gasteiger partial charge in [-0.1, -0.05) is 17.7 Å². The Morgan fingerprint density at radius 1 is 1.22 bits per heavy atom. The van der Waals surface area contributed by atoms with Gasteiger partial charge in [-0.25, -0.2) is 0 Å². The van der Waals surface area contributed by atoms with E-state index in [2.05, 4.69) is 0 Å². The largest absolute Gasteiger partial charge is 0.405 e. The number of anilines is 1. The number of aliphatic hydroxyl groups is 2. The van der Waals surface area contributed by atoms with Crippen molar-refractivity contribution < 1.29 is 23.4 Å². The molecule has 1 aromatic carbocycles. The van der Waals surface area contributed by atoms with Crippen LogP contribution in [-0.2, 0) is 6.61 Å². The molecule has 0 fully saturated rings. The van der Waals surface area contributed by atoms with Crippen molar-refractivity contribution in [2.45, 2.75) is 12.8 Å². The fourth-order valence-corrected chi connectivity index (χ4v) is 1.85. The summed E-state index contributed by atoms with van der Waals surface area (Å²) in [7, 11) is 0. The quantitative estimate of drug-likeness (QED) is 0.871. The number of alkyl halides is 3. The van der Waals surface area contributed by atoms with Gasteiger partial charge in [-0.2, -0.15) is 13.2 Å². The molecular weight excluding hydrogens is 271 g/mol. The minimum absolute atomic E-state index is 0.177. The van der Waals surface area contributed by atoms with Crippen LogP contribution in [0.3, 0.4) is 0 Å². The van der Waals surface area contributed by atoms with Crippen molar-refractivity contribution in [3.63, 3.8) is 0 Å². The molecule has 102 valence electrons. The summed E-state index contributed by atoms with van der Waals surface area (Å²) in [5.41, 5.74) is 0.397. The highest BCUT2D eigenvalue weighted by Crippen LogP contribution is 2.29. The van der Waals surface area contributed by atoms with E-state index in [0.29, 0.717) is 0 Å².